The van der Waals surface area contributed by atoms with Gasteiger partial charge in [0, 0.05) is 69.8 Å². The first-order valence-electron chi connectivity index (χ1n) is 12.0. The average molecular weight is 515 g/mol. The Kier molecular flexibility index (Phi) is 6.50. The second-order valence-electron chi connectivity index (χ2n) is 9.46. The van der Waals surface area contributed by atoms with Gasteiger partial charge in [-0.25, -0.2) is 22.7 Å². The number of hydrogen-bond acceptors (Lipinski definition) is 6. The molecular formula is C25H28F2N6O2S. The van der Waals surface area contributed by atoms with E-state index in [0.29, 0.717) is 48.7 Å². The van der Waals surface area contributed by atoms with Crippen molar-refractivity contribution in [1.82, 2.24) is 14.8 Å². The Labute approximate surface area is 208 Å². The van der Waals surface area contributed by atoms with E-state index in [9.17, 15) is 17.8 Å². The summed E-state index contributed by atoms with van der Waals surface area (Å²) in [5.41, 5.74) is 8.68. The lowest BCUT2D eigenvalue weighted by Gasteiger charge is -2.31. The van der Waals surface area contributed by atoms with E-state index >= 15 is 0 Å². The van der Waals surface area contributed by atoms with Crippen molar-refractivity contribution < 1.29 is 17.8 Å². The van der Waals surface area contributed by atoms with E-state index in [0.717, 1.165) is 11.3 Å². The van der Waals surface area contributed by atoms with Gasteiger partial charge < -0.3 is 10.6 Å². The van der Waals surface area contributed by atoms with Crippen molar-refractivity contribution in [2.75, 3.05) is 29.5 Å². The fourth-order valence-electron chi connectivity index (χ4n) is 5.14. The monoisotopic (exact) mass is 514 g/mol. The van der Waals surface area contributed by atoms with Crippen LogP contribution in [0.1, 0.15) is 30.9 Å². The number of nitrogens with two attached hydrogens (primary N) is 1. The van der Waals surface area contributed by atoms with Gasteiger partial charge in [-0.2, -0.15) is 5.10 Å². The summed E-state index contributed by atoms with van der Waals surface area (Å²) in [6, 6.07) is 10.5. The molecule has 3 atom stereocenters. The summed E-state index contributed by atoms with van der Waals surface area (Å²) < 4.78 is 49.9. The van der Waals surface area contributed by atoms with Crippen LogP contribution in [0.3, 0.4) is 0 Å². The zero-order valence-electron chi connectivity index (χ0n) is 19.6. The number of hydrogen-bond donors (Lipinski definition) is 2. The molecule has 0 spiro atoms. The first-order valence-corrected chi connectivity index (χ1v) is 13.8. The molecule has 3 N–H and O–H groups in total. The van der Waals surface area contributed by atoms with Gasteiger partial charge >= 0.3 is 0 Å². The van der Waals surface area contributed by atoms with E-state index in [1.807, 2.05) is 24.3 Å². The number of nitrogens with one attached hydrogen (secondary N) is 1. The summed E-state index contributed by atoms with van der Waals surface area (Å²) in [7, 11) is -2.49. The van der Waals surface area contributed by atoms with Crippen LogP contribution in [0, 0.1) is 16.5 Å². The predicted octanol–water partition coefficient (Wildman–Crippen LogP) is 3.65. The summed E-state index contributed by atoms with van der Waals surface area (Å²) in [5.74, 6) is -1.51. The molecule has 8 nitrogen and oxygen atoms in total. The van der Waals surface area contributed by atoms with Crippen LogP contribution in [-0.2, 0) is 14.5 Å². The van der Waals surface area contributed by atoms with Gasteiger partial charge in [0.05, 0.1) is 5.69 Å². The molecule has 36 heavy (non-hydrogen) atoms. The Morgan fingerprint density at radius 3 is 2.53 bits per heavy atom. The largest absolute Gasteiger partial charge is 0.370 e. The molecule has 2 aromatic heterocycles. The van der Waals surface area contributed by atoms with Gasteiger partial charge in [-0.15, -0.1) is 0 Å². The second kappa shape index (κ2) is 9.61. The molecule has 3 heterocycles. The first kappa shape index (κ1) is 24.4. The zero-order chi connectivity index (χ0) is 25.4. The molecule has 0 unspecified atom stereocenters. The lowest BCUT2D eigenvalue weighted by molar-refractivity contribution is -0.124. The van der Waals surface area contributed by atoms with Crippen LogP contribution in [0.15, 0.2) is 48.8 Å². The van der Waals surface area contributed by atoms with Gasteiger partial charge in [0.25, 0.3) is 0 Å². The third-order valence-corrected chi connectivity index (χ3v) is 8.81. The lowest BCUT2D eigenvalue weighted by atomic mass is 9.75. The van der Waals surface area contributed by atoms with Gasteiger partial charge in [-0.3, -0.25) is 9.57 Å². The third kappa shape index (κ3) is 4.84. The molecule has 3 aromatic rings. The Morgan fingerprint density at radius 2 is 1.86 bits per heavy atom. The minimum absolute atomic E-state index is 0.0312. The summed E-state index contributed by atoms with van der Waals surface area (Å²) in [5, 5.41) is 4.65. The topological polar surface area (TPSA) is 118 Å². The van der Waals surface area contributed by atoms with Crippen LogP contribution < -0.4 is 10.6 Å². The molecule has 0 radical (unpaired) electrons. The second-order valence-corrected chi connectivity index (χ2v) is 11.9. The maximum atomic E-state index is 14.5. The molecule has 190 valence electrons. The van der Waals surface area contributed by atoms with E-state index in [1.165, 1.54) is 23.0 Å². The number of nitrogens with zero attached hydrogens (tertiary/aromatic N) is 4. The van der Waals surface area contributed by atoms with Crippen LogP contribution in [0.5, 0.6) is 0 Å². The number of halogens is 2. The van der Waals surface area contributed by atoms with E-state index in [-0.39, 0.29) is 12.2 Å². The number of amides is 1. The van der Waals surface area contributed by atoms with Crippen LogP contribution in [0.4, 0.5) is 14.5 Å². The van der Waals surface area contributed by atoms with Crippen molar-refractivity contribution in [3.05, 3.63) is 60.3 Å². The highest BCUT2D eigenvalue weighted by Gasteiger charge is 2.38. The van der Waals surface area contributed by atoms with Crippen molar-refractivity contribution in [2.24, 2.45) is 11.7 Å². The minimum atomic E-state index is -2.49. The number of primary amides is 1. The Bertz CT molecular complexity index is 1360. The van der Waals surface area contributed by atoms with E-state index in [4.69, 9.17) is 10.5 Å². The molecular weight excluding hydrogens is 486 g/mol. The molecule has 0 bridgehead atoms. The molecule has 5 rings (SSSR count). The van der Waals surface area contributed by atoms with Gasteiger partial charge in [0.1, 0.15) is 6.17 Å². The van der Waals surface area contributed by atoms with Crippen LogP contribution in [0.25, 0.3) is 16.9 Å². The van der Waals surface area contributed by atoms with E-state index < -0.39 is 39.5 Å². The standard InChI is InChI=1S/C25H28F2N6O2S/c26-17-5-8-19(20(14-17)24(28)34)23-21(15-33(31-23)25-22(27)2-1-9-30-25)16-3-6-18(7-4-16)32-10-12-36(29,35)13-11-32/h1-4,6-7,9,15,17,19-20,29H,5,8,10-14H2,(H2,28,34)/t17-,19+,20+/m0/s1. The molecule has 2 fully saturated rings. The maximum absolute atomic E-state index is 14.5. The number of pyridine rings is 1. The maximum Gasteiger partial charge on any atom is 0.221 e. The van der Waals surface area contributed by atoms with Crippen molar-refractivity contribution >= 4 is 21.3 Å². The quantitative estimate of drug-likeness (QED) is 0.539. The number of anilines is 1. The summed E-state index contributed by atoms with van der Waals surface area (Å²) in [6.45, 7) is 1.10. The molecule has 1 aliphatic heterocycles. The lowest BCUT2D eigenvalue weighted by Crippen LogP contribution is -2.39. The SMILES string of the molecule is N=S1(=O)CCN(c2ccc(-c3cn(-c4ncccc4F)nc3[C@@H]3CC[C@H](F)C[C@H]3C(N)=O)cc2)CC1. The zero-order valence-corrected chi connectivity index (χ0v) is 20.5. The van der Waals surface area contributed by atoms with E-state index in [2.05, 4.69) is 15.0 Å². The average Bonchev–Trinajstić information content (AvgIpc) is 3.29. The van der Waals surface area contributed by atoms with Gasteiger partial charge in [0.2, 0.25) is 5.91 Å². The number of rotatable bonds is 5. The third-order valence-electron chi connectivity index (χ3n) is 7.13. The normalized spacial score (nSPS) is 23.9. The summed E-state index contributed by atoms with van der Waals surface area (Å²) in [4.78, 5) is 18.5. The molecule has 1 saturated heterocycles. The smallest absolute Gasteiger partial charge is 0.221 e. The Hall–Kier alpha value is -3.34. The van der Waals surface area contributed by atoms with Crippen LogP contribution in [-0.4, -0.2) is 55.6 Å². The van der Waals surface area contributed by atoms with Crippen LogP contribution >= 0.6 is 0 Å². The van der Waals surface area contributed by atoms with Gasteiger partial charge in [-0.05, 0) is 49.1 Å². The Morgan fingerprint density at radius 1 is 1.14 bits per heavy atom. The number of carbonyl (C=O) groups is 1. The molecule has 1 saturated carbocycles. The fourth-order valence-corrected chi connectivity index (χ4v) is 6.37. The van der Waals surface area contributed by atoms with Crippen LogP contribution in [0.2, 0.25) is 0 Å². The highest BCUT2D eigenvalue weighted by molar-refractivity contribution is 7.92. The summed E-state index contributed by atoms with van der Waals surface area (Å²) in [6.07, 6.45) is 2.80. The van der Waals surface area contributed by atoms with Gasteiger partial charge in [0.15, 0.2) is 11.6 Å². The van der Waals surface area contributed by atoms with Crippen molar-refractivity contribution in [3.8, 4) is 16.9 Å². The first-order chi connectivity index (χ1) is 17.2. The number of benzene rings is 1. The molecule has 1 aromatic carbocycles. The fraction of sp³-hybridized carbons (Fsp3) is 0.400. The molecule has 1 aliphatic carbocycles. The number of carbonyl (C=O) groups excluding carboxylic acids is 1. The number of aromatic nitrogens is 3. The van der Waals surface area contributed by atoms with E-state index in [1.54, 1.807) is 6.20 Å². The van der Waals surface area contributed by atoms with Crippen molar-refractivity contribution in [2.45, 2.75) is 31.4 Å². The molecule has 1 amide bonds. The highest BCUT2D eigenvalue weighted by atomic mass is 32.2. The molecule has 11 heteroatoms. The molecule has 2 aliphatic rings. The van der Waals surface area contributed by atoms with Crippen molar-refractivity contribution in [1.29, 1.82) is 4.78 Å². The summed E-state index contributed by atoms with van der Waals surface area (Å²) >= 11 is 0. The highest BCUT2D eigenvalue weighted by Crippen LogP contribution is 2.42. The van der Waals surface area contributed by atoms with Gasteiger partial charge in [-0.1, -0.05) is 12.1 Å². The minimum Gasteiger partial charge on any atom is -0.370 e. The number of alkyl halides is 1. The predicted molar refractivity (Wildman–Crippen MR) is 134 cm³/mol. The van der Waals surface area contributed by atoms with Crippen molar-refractivity contribution in [3.63, 3.8) is 0 Å². The Balaban J connectivity index is 1.53.